The fourth-order valence-electron chi connectivity index (χ4n) is 1.58. The molecular weight excluding hydrogens is 262 g/mol. The number of carbonyl (C=O) groups is 1. The molecule has 0 aliphatic carbocycles. The Balaban J connectivity index is 1.89. The van der Waals surface area contributed by atoms with Gasteiger partial charge in [0.1, 0.15) is 10.8 Å². The fourth-order valence-corrected chi connectivity index (χ4v) is 2.19. The van der Waals surface area contributed by atoms with Crippen molar-refractivity contribution in [2.24, 2.45) is 0 Å². The molecule has 1 heterocycles. The molecule has 2 aromatic rings. The number of aromatic nitrogens is 2. The van der Waals surface area contributed by atoms with Crippen molar-refractivity contribution in [3.05, 3.63) is 34.8 Å². The first-order valence-corrected chi connectivity index (χ1v) is 6.81. The molecule has 0 atom stereocenters. The van der Waals surface area contributed by atoms with Gasteiger partial charge in [-0.25, -0.2) is 0 Å². The lowest BCUT2D eigenvalue weighted by molar-refractivity contribution is -0.118. The van der Waals surface area contributed by atoms with Crippen LogP contribution in [0.5, 0.6) is 5.75 Å². The first kappa shape index (κ1) is 13.5. The summed E-state index contributed by atoms with van der Waals surface area (Å²) in [6, 6.07) is 7.69. The smallest absolute Gasteiger partial charge is 0.264 e. The molecule has 1 amide bonds. The predicted octanol–water partition coefficient (Wildman–Crippen LogP) is 2.43. The summed E-state index contributed by atoms with van der Waals surface area (Å²) in [7, 11) is 0. The van der Waals surface area contributed by atoms with E-state index in [-0.39, 0.29) is 12.5 Å². The molecule has 0 unspecified atom stereocenters. The van der Waals surface area contributed by atoms with Crippen LogP contribution in [0.2, 0.25) is 0 Å². The van der Waals surface area contributed by atoms with E-state index in [1.165, 1.54) is 11.3 Å². The van der Waals surface area contributed by atoms with Crippen LogP contribution in [-0.2, 0) is 11.2 Å². The number of amides is 1. The summed E-state index contributed by atoms with van der Waals surface area (Å²) in [6.45, 7) is 3.85. The highest BCUT2D eigenvalue weighted by Gasteiger charge is 2.08. The lowest BCUT2D eigenvalue weighted by Crippen LogP contribution is -2.20. The van der Waals surface area contributed by atoms with E-state index >= 15 is 0 Å². The minimum Gasteiger partial charge on any atom is -0.483 e. The van der Waals surface area contributed by atoms with Gasteiger partial charge in [-0.15, -0.1) is 10.2 Å². The number of benzene rings is 1. The highest BCUT2D eigenvalue weighted by atomic mass is 32.1. The van der Waals surface area contributed by atoms with Crippen molar-refractivity contribution in [1.82, 2.24) is 10.2 Å². The number of para-hydroxylation sites is 1. The van der Waals surface area contributed by atoms with Gasteiger partial charge in [-0.05, 0) is 25.0 Å². The van der Waals surface area contributed by atoms with E-state index in [1.54, 1.807) is 0 Å². The minimum atomic E-state index is -0.234. The monoisotopic (exact) mass is 277 g/mol. The Kier molecular flexibility index (Phi) is 4.46. The Morgan fingerprint density at radius 2 is 2.16 bits per heavy atom. The summed E-state index contributed by atoms with van der Waals surface area (Å²) in [5.74, 6) is 0.510. The normalized spacial score (nSPS) is 10.2. The second kappa shape index (κ2) is 6.29. The molecule has 6 heteroatoms. The lowest BCUT2D eigenvalue weighted by Gasteiger charge is -2.09. The maximum atomic E-state index is 11.7. The Morgan fingerprint density at radius 1 is 1.37 bits per heavy atom. The van der Waals surface area contributed by atoms with Gasteiger partial charge in [0.25, 0.3) is 5.91 Å². The van der Waals surface area contributed by atoms with Crippen LogP contribution in [-0.4, -0.2) is 22.7 Å². The van der Waals surface area contributed by atoms with Crippen molar-refractivity contribution in [2.45, 2.75) is 20.3 Å². The molecule has 0 bridgehead atoms. The van der Waals surface area contributed by atoms with Gasteiger partial charge in [0.2, 0.25) is 5.13 Å². The number of nitrogens with zero attached hydrogens (tertiary/aromatic N) is 2. The van der Waals surface area contributed by atoms with E-state index in [0.717, 1.165) is 22.7 Å². The molecule has 0 radical (unpaired) electrons. The molecule has 1 aromatic carbocycles. The van der Waals surface area contributed by atoms with Gasteiger partial charge in [-0.3, -0.25) is 10.1 Å². The van der Waals surface area contributed by atoms with Gasteiger partial charge in [-0.2, -0.15) is 0 Å². The molecule has 5 nitrogen and oxygen atoms in total. The molecule has 0 saturated heterocycles. The Morgan fingerprint density at radius 3 is 2.84 bits per heavy atom. The average Bonchev–Trinajstić information content (AvgIpc) is 2.82. The van der Waals surface area contributed by atoms with Gasteiger partial charge < -0.3 is 4.74 Å². The van der Waals surface area contributed by atoms with Crippen molar-refractivity contribution >= 4 is 22.4 Å². The van der Waals surface area contributed by atoms with Gasteiger partial charge in [0.15, 0.2) is 6.61 Å². The predicted molar refractivity (Wildman–Crippen MR) is 74.6 cm³/mol. The lowest BCUT2D eigenvalue weighted by atomic mass is 10.1. The van der Waals surface area contributed by atoms with Crippen molar-refractivity contribution in [3.63, 3.8) is 0 Å². The van der Waals surface area contributed by atoms with Gasteiger partial charge in [-0.1, -0.05) is 36.5 Å². The molecule has 0 aliphatic heterocycles. The zero-order chi connectivity index (χ0) is 13.7. The molecular formula is C13H15N3O2S. The van der Waals surface area contributed by atoms with Crippen molar-refractivity contribution in [1.29, 1.82) is 0 Å². The zero-order valence-corrected chi connectivity index (χ0v) is 11.7. The van der Waals surface area contributed by atoms with Crippen LogP contribution in [0.15, 0.2) is 24.3 Å². The van der Waals surface area contributed by atoms with E-state index in [2.05, 4.69) is 15.5 Å². The Hall–Kier alpha value is -1.95. The number of carbonyl (C=O) groups excluding carboxylic acids is 1. The SMILES string of the molecule is CCc1ccccc1OCC(=O)Nc1nnc(C)s1. The standard InChI is InChI=1S/C13H15N3O2S/c1-3-10-6-4-5-7-11(10)18-8-12(17)14-13-16-15-9(2)19-13/h4-7H,3,8H2,1-2H3,(H,14,16,17). The highest BCUT2D eigenvalue weighted by Crippen LogP contribution is 2.18. The molecule has 1 N–H and O–H groups in total. The second-order valence-electron chi connectivity index (χ2n) is 3.92. The molecule has 100 valence electrons. The third-order valence-electron chi connectivity index (χ3n) is 2.48. The Bertz CT molecular complexity index is 569. The average molecular weight is 277 g/mol. The second-order valence-corrected chi connectivity index (χ2v) is 5.11. The molecule has 1 aromatic heterocycles. The van der Waals surface area contributed by atoms with Crippen molar-refractivity contribution in [3.8, 4) is 5.75 Å². The first-order chi connectivity index (χ1) is 9.19. The fraction of sp³-hybridized carbons (Fsp3) is 0.308. The van der Waals surface area contributed by atoms with Crippen molar-refractivity contribution < 1.29 is 9.53 Å². The maximum absolute atomic E-state index is 11.7. The highest BCUT2D eigenvalue weighted by molar-refractivity contribution is 7.15. The number of anilines is 1. The van der Waals surface area contributed by atoms with Gasteiger partial charge >= 0.3 is 0 Å². The summed E-state index contributed by atoms with van der Waals surface area (Å²) in [4.78, 5) is 11.7. The molecule has 0 spiro atoms. The van der Waals surface area contributed by atoms with Crippen molar-refractivity contribution in [2.75, 3.05) is 11.9 Å². The maximum Gasteiger partial charge on any atom is 0.264 e. The van der Waals surface area contributed by atoms with Crippen LogP contribution in [0.1, 0.15) is 17.5 Å². The largest absolute Gasteiger partial charge is 0.483 e. The number of ether oxygens (including phenoxy) is 1. The van der Waals surface area contributed by atoms with E-state index in [9.17, 15) is 4.79 Å². The van der Waals surface area contributed by atoms with Crippen LogP contribution in [0, 0.1) is 6.92 Å². The van der Waals surface area contributed by atoms with E-state index in [1.807, 2.05) is 38.1 Å². The third-order valence-corrected chi connectivity index (χ3v) is 3.24. The van der Waals surface area contributed by atoms with E-state index in [4.69, 9.17) is 4.74 Å². The topological polar surface area (TPSA) is 64.1 Å². The van der Waals surface area contributed by atoms with Gasteiger partial charge in [0.05, 0.1) is 0 Å². The third kappa shape index (κ3) is 3.75. The molecule has 0 fully saturated rings. The summed E-state index contributed by atoms with van der Waals surface area (Å²) < 4.78 is 5.51. The van der Waals surface area contributed by atoms with Crippen LogP contribution in [0.3, 0.4) is 0 Å². The van der Waals surface area contributed by atoms with Crippen LogP contribution in [0.25, 0.3) is 0 Å². The number of nitrogens with one attached hydrogen (secondary N) is 1. The molecule has 0 saturated carbocycles. The minimum absolute atomic E-state index is 0.0321. The first-order valence-electron chi connectivity index (χ1n) is 5.99. The van der Waals surface area contributed by atoms with Crippen LogP contribution < -0.4 is 10.1 Å². The summed E-state index contributed by atoms with van der Waals surface area (Å²) in [5.41, 5.74) is 1.09. The Labute approximate surface area is 115 Å². The number of aryl methyl sites for hydroxylation is 2. The molecule has 0 aliphatic rings. The van der Waals surface area contributed by atoms with E-state index < -0.39 is 0 Å². The van der Waals surface area contributed by atoms with Crippen LogP contribution >= 0.6 is 11.3 Å². The summed E-state index contributed by atoms with van der Waals surface area (Å²) >= 11 is 1.34. The molecule has 2 rings (SSSR count). The number of hydrogen-bond acceptors (Lipinski definition) is 5. The number of hydrogen-bond donors (Lipinski definition) is 1. The zero-order valence-electron chi connectivity index (χ0n) is 10.8. The quantitative estimate of drug-likeness (QED) is 0.911. The summed E-state index contributed by atoms with van der Waals surface area (Å²) in [5, 5.41) is 11.6. The van der Waals surface area contributed by atoms with E-state index in [0.29, 0.717) is 5.13 Å². The van der Waals surface area contributed by atoms with Gasteiger partial charge in [0, 0.05) is 0 Å². The molecule has 19 heavy (non-hydrogen) atoms. The van der Waals surface area contributed by atoms with Crippen LogP contribution in [0.4, 0.5) is 5.13 Å². The number of rotatable bonds is 5. The summed E-state index contributed by atoms with van der Waals surface area (Å²) in [6.07, 6.45) is 0.868.